The lowest BCUT2D eigenvalue weighted by Crippen LogP contribution is -2.30. The molecule has 2 aromatic carbocycles. The molecule has 1 N–H and O–H groups in total. The summed E-state index contributed by atoms with van der Waals surface area (Å²) in [7, 11) is 1.56. The number of methoxy groups -OCH3 is 1. The van der Waals surface area contributed by atoms with Crippen LogP contribution in [0, 0.1) is 6.92 Å². The number of hydrogen-bond donors (Lipinski definition) is 1. The van der Waals surface area contributed by atoms with Crippen LogP contribution in [0.4, 0.5) is 0 Å². The van der Waals surface area contributed by atoms with Gasteiger partial charge in [-0.15, -0.1) is 5.10 Å². The summed E-state index contributed by atoms with van der Waals surface area (Å²) >= 11 is 0. The van der Waals surface area contributed by atoms with E-state index in [0.717, 1.165) is 0 Å². The SMILES string of the molecule is COc1ccc(C(=O)CNC(=O)c2ccccc2-n2nnnc2C)cc1. The molecule has 0 aliphatic rings. The van der Waals surface area contributed by atoms with E-state index in [1.807, 2.05) is 0 Å². The van der Waals surface area contributed by atoms with Crippen molar-refractivity contribution >= 4 is 11.7 Å². The Balaban J connectivity index is 1.73. The molecule has 26 heavy (non-hydrogen) atoms. The smallest absolute Gasteiger partial charge is 0.253 e. The van der Waals surface area contributed by atoms with Gasteiger partial charge in [-0.2, -0.15) is 4.68 Å². The molecule has 0 atom stereocenters. The molecule has 0 unspecified atom stereocenters. The molecule has 0 saturated heterocycles. The minimum atomic E-state index is -0.377. The van der Waals surface area contributed by atoms with E-state index >= 15 is 0 Å². The normalized spacial score (nSPS) is 10.4. The first kappa shape index (κ1) is 17.3. The highest BCUT2D eigenvalue weighted by Gasteiger charge is 2.16. The molecule has 1 amide bonds. The number of nitrogens with zero attached hydrogens (tertiary/aromatic N) is 4. The molecular formula is C18H17N5O3. The van der Waals surface area contributed by atoms with Gasteiger partial charge in [-0.05, 0) is 53.7 Å². The molecule has 0 aliphatic heterocycles. The summed E-state index contributed by atoms with van der Waals surface area (Å²) in [5.74, 6) is 0.644. The van der Waals surface area contributed by atoms with Crippen molar-refractivity contribution in [2.24, 2.45) is 0 Å². The Bertz CT molecular complexity index is 934. The predicted molar refractivity (Wildman–Crippen MR) is 93.5 cm³/mol. The first-order valence-electron chi connectivity index (χ1n) is 7.90. The van der Waals surface area contributed by atoms with Gasteiger partial charge in [0.05, 0.1) is 24.9 Å². The number of Topliss-reactive ketones (excluding diaryl/α,β-unsaturated/α-hetero) is 1. The van der Waals surface area contributed by atoms with Crippen molar-refractivity contribution in [3.05, 3.63) is 65.5 Å². The van der Waals surface area contributed by atoms with E-state index in [9.17, 15) is 9.59 Å². The second kappa shape index (κ2) is 7.56. The molecule has 8 heteroatoms. The maximum absolute atomic E-state index is 12.5. The lowest BCUT2D eigenvalue weighted by Gasteiger charge is -2.10. The third kappa shape index (κ3) is 3.59. The summed E-state index contributed by atoms with van der Waals surface area (Å²) in [5, 5.41) is 14.0. The number of carbonyl (C=O) groups is 2. The number of hydrogen-bond acceptors (Lipinski definition) is 6. The summed E-state index contributed by atoms with van der Waals surface area (Å²) in [6.45, 7) is 1.62. The first-order valence-corrected chi connectivity index (χ1v) is 7.90. The van der Waals surface area contributed by atoms with Crippen LogP contribution in [0.3, 0.4) is 0 Å². The second-order valence-electron chi connectivity index (χ2n) is 5.49. The van der Waals surface area contributed by atoms with Crippen LogP contribution < -0.4 is 10.1 Å². The minimum absolute atomic E-state index is 0.117. The maximum atomic E-state index is 12.5. The molecule has 132 valence electrons. The van der Waals surface area contributed by atoms with Crippen LogP contribution in [-0.2, 0) is 0 Å². The van der Waals surface area contributed by atoms with Crippen LogP contribution in [0.5, 0.6) is 5.75 Å². The molecule has 3 aromatic rings. The van der Waals surface area contributed by atoms with Crippen molar-refractivity contribution in [3.63, 3.8) is 0 Å². The Morgan fingerprint density at radius 2 is 1.85 bits per heavy atom. The number of ether oxygens (including phenoxy) is 1. The predicted octanol–water partition coefficient (Wildman–Crippen LogP) is 1.59. The number of tetrazole rings is 1. The fourth-order valence-corrected chi connectivity index (χ4v) is 2.44. The number of carbonyl (C=O) groups excluding carboxylic acids is 2. The van der Waals surface area contributed by atoms with Gasteiger partial charge in [0.25, 0.3) is 5.91 Å². The summed E-state index contributed by atoms with van der Waals surface area (Å²) in [6.07, 6.45) is 0. The maximum Gasteiger partial charge on any atom is 0.253 e. The van der Waals surface area contributed by atoms with Gasteiger partial charge in [0.15, 0.2) is 11.6 Å². The molecule has 1 aromatic heterocycles. The lowest BCUT2D eigenvalue weighted by molar-refractivity contribution is 0.0904. The largest absolute Gasteiger partial charge is 0.497 e. The van der Waals surface area contributed by atoms with Gasteiger partial charge in [0.2, 0.25) is 0 Å². The molecule has 0 radical (unpaired) electrons. The summed E-state index contributed by atoms with van der Waals surface area (Å²) in [6, 6.07) is 13.6. The van der Waals surface area contributed by atoms with Crippen LogP contribution >= 0.6 is 0 Å². The first-order chi connectivity index (χ1) is 12.6. The number of para-hydroxylation sites is 1. The lowest BCUT2D eigenvalue weighted by atomic mass is 10.1. The van der Waals surface area contributed by atoms with Crippen LogP contribution in [0.25, 0.3) is 5.69 Å². The quantitative estimate of drug-likeness (QED) is 0.677. The van der Waals surface area contributed by atoms with E-state index in [1.165, 1.54) is 4.68 Å². The van der Waals surface area contributed by atoms with Crippen molar-refractivity contribution in [2.75, 3.05) is 13.7 Å². The van der Waals surface area contributed by atoms with Gasteiger partial charge < -0.3 is 10.1 Å². The average molecular weight is 351 g/mol. The molecule has 1 heterocycles. The van der Waals surface area contributed by atoms with Crippen molar-refractivity contribution in [1.82, 2.24) is 25.5 Å². The Morgan fingerprint density at radius 3 is 2.50 bits per heavy atom. The number of rotatable bonds is 6. The van der Waals surface area contributed by atoms with E-state index in [-0.39, 0.29) is 18.2 Å². The van der Waals surface area contributed by atoms with Crippen molar-refractivity contribution in [2.45, 2.75) is 6.92 Å². The topological polar surface area (TPSA) is 99.0 Å². The molecular weight excluding hydrogens is 334 g/mol. The van der Waals surface area contributed by atoms with E-state index < -0.39 is 0 Å². The van der Waals surface area contributed by atoms with E-state index in [2.05, 4.69) is 20.8 Å². The van der Waals surface area contributed by atoms with Crippen LogP contribution in [-0.4, -0.2) is 45.6 Å². The van der Waals surface area contributed by atoms with E-state index in [0.29, 0.717) is 28.4 Å². The number of aryl methyl sites for hydroxylation is 1. The molecule has 0 fully saturated rings. The monoisotopic (exact) mass is 351 g/mol. The van der Waals surface area contributed by atoms with Crippen LogP contribution in [0.2, 0.25) is 0 Å². The molecule has 0 bridgehead atoms. The molecule has 8 nitrogen and oxygen atoms in total. The Hall–Kier alpha value is -3.55. The van der Waals surface area contributed by atoms with E-state index in [4.69, 9.17) is 4.74 Å². The number of nitrogens with one attached hydrogen (secondary N) is 1. The fraction of sp³-hybridized carbons (Fsp3) is 0.167. The molecule has 0 aliphatic carbocycles. The Labute approximate surface area is 149 Å². The summed E-state index contributed by atoms with van der Waals surface area (Å²) < 4.78 is 6.54. The second-order valence-corrected chi connectivity index (χ2v) is 5.49. The van der Waals surface area contributed by atoms with Gasteiger partial charge >= 0.3 is 0 Å². The minimum Gasteiger partial charge on any atom is -0.497 e. The van der Waals surface area contributed by atoms with E-state index in [1.54, 1.807) is 62.6 Å². The fourth-order valence-electron chi connectivity index (χ4n) is 2.44. The van der Waals surface area contributed by atoms with Crippen molar-refractivity contribution in [1.29, 1.82) is 0 Å². The van der Waals surface area contributed by atoms with Gasteiger partial charge in [0, 0.05) is 5.56 Å². The zero-order chi connectivity index (χ0) is 18.5. The standard InChI is InChI=1S/C18H17N5O3/c1-12-20-21-22-23(12)16-6-4-3-5-15(16)18(25)19-11-17(24)13-7-9-14(26-2)10-8-13/h3-10H,11H2,1-2H3,(H,19,25). The third-order valence-electron chi connectivity index (χ3n) is 3.82. The summed E-state index contributed by atoms with van der Waals surface area (Å²) in [5.41, 5.74) is 1.42. The van der Waals surface area contributed by atoms with Crippen LogP contribution in [0.15, 0.2) is 48.5 Å². The van der Waals surface area contributed by atoms with Gasteiger partial charge in [0.1, 0.15) is 5.75 Å². The Morgan fingerprint density at radius 1 is 1.12 bits per heavy atom. The average Bonchev–Trinajstić information content (AvgIpc) is 3.11. The highest BCUT2D eigenvalue weighted by atomic mass is 16.5. The number of amides is 1. The molecule has 0 spiro atoms. The third-order valence-corrected chi connectivity index (χ3v) is 3.82. The highest BCUT2D eigenvalue weighted by molar-refractivity contribution is 6.03. The van der Waals surface area contributed by atoms with Crippen molar-refractivity contribution in [3.8, 4) is 11.4 Å². The molecule has 3 rings (SSSR count). The van der Waals surface area contributed by atoms with Gasteiger partial charge in [-0.25, -0.2) is 0 Å². The molecule has 0 saturated carbocycles. The number of ketones is 1. The highest BCUT2D eigenvalue weighted by Crippen LogP contribution is 2.15. The van der Waals surface area contributed by atoms with Crippen molar-refractivity contribution < 1.29 is 14.3 Å². The van der Waals surface area contributed by atoms with Gasteiger partial charge in [-0.3, -0.25) is 9.59 Å². The van der Waals surface area contributed by atoms with Crippen LogP contribution in [0.1, 0.15) is 26.5 Å². The Kier molecular flexibility index (Phi) is 5.02. The summed E-state index contributed by atoms with van der Waals surface area (Å²) in [4.78, 5) is 24.8. The zero-order valence-electron chi connectivity index (χ0n) is 14.3. The number of aromatic nitrogens is 4. The zero-order valence-corrected chi connectivity index (χ0v) is 14.3. The number of benzene rings is 2. The van der Waals surface area contributed by atoms with Gasteiger partial charge in [-0.1, -0.05) is 12.1 Å².